The van der Waals surface area contributed by atoms with E-state index in [0.717, 1.165) is 40.4 Å². The van der Waals surface area contributed by atoms with Crippen LogP contribution in [-0.4, -0.2) is 35.4 Å². The van der Waals surface area contributed by atoms with Gasteiger partial charge in [0, 0.05) is 22.6 Å². The second-order valence-corrected chi connectivity index (χ2v) is 10.2. The number of hydrogen-bond acceptors (Lipinski definition) is 3. The zero-order valence-corrected chi connectivity index (χ0v) is 21.9. The van der Waals surface area contributed by atoms with Gasteiger partial charge in [-0.2, -0.15) is 0 Å². The zero-order chi connectivity index (χ0) is 24.5. The van der Waals surface area contributed by atoms with Crippen LogP contribution in [0.3, 0.4) is 0 Å². The molecule has 6 heteroatoms. The summed E-state index contributed by atoms with van der Waals surface area (Å²) in [6, 6.07) is 26.8. The molecule has 0 heterocycles. The molecule has 35 heavy (non-hydrogen) atoms. The minimum absolute atomic E-state index is 0.0979. The highest BCUT2D eigenvalue weighted by molar-refractivity contribution is 14.1. The van der Waals surface area contributed by atoms with Crippen molar-refractivity contribution in [3.63, 3.8) is 0 Å². The standard InChI is InChI=1S/C29H31IN2O3/c30-24-15-17-26(18-16-24)35-21-28(33)32(20-23-11-5-2-6-12-23)27(19-22-9-3-1-4-10-22)29(34)31-25-13-7-8-14-25/h1-6,9-12,15-18,25,27H,7-8,13-14,19-21H2,(H,31,34)/t27-/m0/s1. The lowest BCUT2D eigenvalue weighted by molar-refractivity contribution is -0.143. The van der Waals surface area contributed by atoms with E-state index in [4.69, 9.17) is 4.74 Å². The summed E-state index contributed by atoms with van der Waals surface area (Å²) >= 11 is 2.23. The topological polar surface area (TPSA) is 58.6 Å². The van der Waals surface area contributed by atoms with E-state index in [2.05, 4.69) is 27.9 Å². The average Bonchev–Trinajstić information content (AvgIpc) is 3.40. The Bertz CT molecular complexity index is 1080. The predicted molar refractivity (Wildman–Crippen MR) is 146 cm³/mol. The number of nitrogens with one attached hydrogen (secondary N) is 1. The number of rotatable bonds is 10. The van der Waals surface area contributed by atoms with Crippen LogP contribution < -0.4 is 10.1 Å². The van der Waals surface area contributed by atoms with Crippen molar-refractivity contribution < 1.29 is 14.3 Å². The molecule has 1 aliphatic rings. The van der Waals surface area contributed by atoms with Gasteiger partial charge in [0.25, 0.3) is 5.91 Å². The van der Waals surface area contributed by atoms with Gasteiger partial charge < -0.3 is 15.0 Å². The quantitative estimate of drug-likeness (QED) is 0.327. The summed E-state index contributed by atoms with van der Waals surface area (Å²) in [5.41, 5.74) is 1.99. The van der Waals surface area contributed by atoms with Crippen LogP contribution in [0.2, 0.25) is 0 Å². The normalized spacial score (nSPS) is 14.3. The SMILES string of the molecule is O=C(NC1CCCC1)[C@H](Cc1ccccc1)N(Cc1ccccc1)C(=O)COc1ccc(I)cc1. The first-order chi connectivity index (χ1) is 17.1. The van der Waals surface area contributed by atoms with Gasteiger partial charge in [0.2, 0.25) is 5.91 Å². The molecule has 0 unspecified atom stereocenters. The number of carbonyl (C=O) groups is 2. The smallest absolute Gasteiger partial charge is 0.261 e. The van der Waals surface area contributed by atoms with Crippen LogP contribution in [0.25, 0.3) is 0 Å². The molecule has 2 amide bonds. The van der Waals surface area contributed by atoms with Gasteiger partial charge in [-0.05, 0) is 70.8 Å². The fourth-order valence-corrected chi connectivity index (χ4v) is 4.82. The van der Waals surface area contributed by atoms with Crippen molar-refractivity contribution in [1.29, 1.82) is 0 Å². The van der Waals surface area contributed by atoms with Crippen LogP contribution in [0.1, 0.15) is 36.8 Å². The van der Waals surface area contributed by atoms with E-state index >= 15 is 0 Å². The molecule has 1 fully saturated rings. The molecule has 0 spiro atoms. The fourth-order valence-electron chi connectivity index (χ4n) is 4.46. The maximum absolute atomic E-state index is 13.6. The largest absolute Gasteiger partial charge is 0.484 e. The summed E-state index contributed by atoms with van der Waals surface area (Å²) in [6.45, 7) is 0.209. The third-order valence-corrected chi connectivity index (χ3v) is 7.06. The Morgan fingerprint density at radius 1 is 0.886 bits per heavy atom. The summed E-state index contributed by atoms with van der Waals surface area (Å²) in [6.07, 6.45) is 4.69. The third kappa shape index (κ3) is 7.56. The molecule has 0 aromatic heterocycles. The third-order valence-electron chi connectivity index (χ3n) is 6.34. The molecule has 1 N–H and O–H groups in total. The molecule has 1 saturated carbocycles. The molecule has 1 atom stereocenters. The Morgan fingerprint density at radius 3 is 2.11 bits per heavy atom. The number of benzene rings is 3. The Labute approximate surface area is 221 Å². The van der Waals surface area contributed by atoms with E-state index in [1.165, 1.54) is 0 Å². The van der Waals surface area contributed by atoms with Crippen molar-refractivity contribution in [2.45, 2.75) is 50.7 Å². The molecule has 3 aromatic carbocycles. The Balaban J connectivity index is 1.58. The molecule has 4 rings (SSSR count). The molecule has 0 aliphatic heterocycles. The van der Waals surface area contributed by atoms with Gasteiger partial charge in [-0.3, -0.25) is 9.59 Å². The lowest BCUT2D eigenvalue weighted by Gasteiger charge is -2.32. The van der Waals surface area contributed by atoms with Gasteiger partial charge in [0.1, 0.15) is 11.8 Å². The molecule has 0 bridgehead atoms. The van der Waals surface area contributed by atoms with Crippen molar-refractivity contribution in [3.05, 3.63) is 99.6 Å². The van der Waals surface area contributed by atoms with Crippen LogP contribution in [0.4, 0.5) is 0 Å². The van der Waals surface area contributed by atoms with Crippen LogP contribution >= 0.6 is 22.6 Å². The Kier molecular flexibility index (Phi) is 9.17. The number of carbonyl (C=O) groups excluding carboxylic acids is 2. The predicted octanol–water partition coefficient (Wildman–Crippen LogP) is 5.37. The first kappa shape index (κ1) is 25.2. The molecule has 1 aliphatic carbocycles. The van der Waals surface area contributed by atoms with Crippen LogP contribution in [0, 0.1) is 3.57 Å². The van der Waals surface area contributed by atoms with Crippen molar-refractivity contribution in [2.75, 3.05) is 6.61 Å². The second-order valence-electron chi connectivity index (χ2n) is 8.95. The molecular weight excluding hydrogens is 551 g/mol. The fraction of sp³-hybridized carbons (Fsp3) is 0.310. The second kappa shape index (κ2) is 12.7. The number of hydrogen-bond donors (Lipinski definition) is 1. The molecule has 5 nitrogen and oxygen atoms in total. The van der Waals surface area contributed by atoms with Gasteiger partial charge in [-0.1, -0.05) is 73.5 Å². The summed E-state index contributed by atoms with van der Waals surface area (Å²) in [7, 11) is 0. The minimum atomic E-state index is -0.633. The zero-order valence-electron chi connectivity index (χ0n) is 19.7. The first-order valence-corrected chi connectivity index (χ1v) is 13.2. The number of nitrogens with zero attached hydrogens (tertiary/aromatic N) is 1. The van der Waals surface area contributed by atoms with E-state index in [9.17, 15) is 9.59 Å². The molecule has 182 valence electrons. The van der Waals surface area contributed by atoms with Gasteiger partial charge >= 0.3 is 0 Å². The lowest BCUT2D eigenvalue weighted by Crippen LogP contribution is -2.53. The highest BCUT2D eigenvalue weighted by Gasteiger charge is 2.32. The van der Waals surface area contributed by atoms with E-state index in [-0.39, 0.29) is 24.5 Å². The van der Waals surface area contributed by atoms with Gasteiger partial charge in [0.05, 0.1) is 0 Å². The van der Waals surface area contributed by atoms with Gasteiger partial charge in [-0.15, -0.1) is 0 Å². The summed E-state index contributed by atoms with van der Waals surface area (Å²) in [5.74, 6) is 0.322. The van der Waals surface area contributed by atoms with Crippen molar-refractivity contribution in [2.24, 2.45) is 0 Å². The molecule has 0 saturated heterocycles. The van der Waals surface area contributed by atoms with E-state index in [0.29, 0.717) is 18.7 Å². The summed E-state index contributed by atoms with van der Waals surface area (Å²) in [4.78, 5) is 28.9. The van der Waals surface area contributed by atoms with Crippen molar-refractivity contribution in [3.8, 4) is 5.75 Å². The van der Waals surface area contributed by atoms with E-state index < -0.39 is 6.04 Å². The summed E-state index contributed by atoms with van der Waals surface area (Å²) in [5, 5.41) is 3.23. The molecule has 0 radical (unpaired) electrons. The Morgan fingerprint density at radius 2 is 1.49 bits per heavy atom. The van der Waals surface area contributed by atoms with Crippen LogP contribution in [0.5, 0.6) is 5.75 Å². The van der Waals surface area contributed by atoms with Crippen LogP contribution in [0.15, 0.2) is 84.9 Å². The highest BCUT2D eigenvalue weighted by atomic mass is 127. The average molecular weight is 582 g/mol. The summed E-state index contributed by atoms with van der Waals surface area (Å²) < 4.78 is 6.92. The van der Waals surface area contributed by atoms with Crippen molar-refractivity contribution in [1.82, 2.24) is 10.2 Å². The number of halogens is 1. The van der Waals surface area contributed by atoms with Gasteiger partial charge in [0.15, 0.2) is 6.61 Å². The maximum Gasteiger partial charge on any atom is 0.261 e. The van der Waals surface area contributed by atoms with Gasteiger partial charge in [-0.25, -0.2) is 0 Å². The first-order valence-electron chi connectivity index (χ1n) is 12.1. The number of ether oxygens (including phenoxy) is 1. The molecule has 3 aromatic rings. The monoisotopic (exact) mass is 582 g/mol. The Hall–Kier alpha value is -2.87. The lowest BCUT2D eigenvalue weighted by atomic mass is 10.0. The van der Waals surface area contributed by atoms with Crippen LogP contribution in [-0.2, 0) is 22.6 Å². The van der Waals surface area contributed by atoms with Crippen molar-refractivity contribution >= 4 is 34.4 Å². The molecular formula is C29H31IN2O3. The minimum Gasteiger partial charge on any atom is -0.484 e. The van der Waals surface area contributed by atoms with E-state index in [1.54, 1.807) is 4.90 Å². The highest BCUT2D eigenvalue weighted by Crippen LogP contribution is 2.20. The maximum atomic E-state index is 13.6. The number of amides is 2. The van der Waals surface area contributed by atoms with E-state index in [1.807, 2.05) is 84.9 Å².